The molecule has 174 valence electrons. The van der Waals surface area contributed by atoms with Crippen molar-refractivity contribution in [2.45, 2.75) is 31.8 Å². The minimum absolute atomic E-state index is 0.0290. The van der Waals surface area contributed by atoms with Crippen LogP contribution in [0.5, 0.6) is 5.75 Å². The van der Waals surface area contributed by atoms with Crippen LogP contribution < -0.4 is 14.4 Å². The highest BCUT2D eigenvalue weighted by atomic mass is 35.5. The van der Waals surface area contributed by atoms with E-state index in [-0.39, 0.29) is 26.7 Å². The Hall–Kier alpha value is -2.74. The monoisotopic (exact) mass is 506 g/mol. The van der Waals surface area contributed by atoms with Crippen LogP contribution in [0.3, 0.4) is 0 Å². The Kier molecular flexibility index (Phi) is 7.89. The van der Waals surface area contributed by atoms with Crippen molar-refractivity contribution < 1.29 is 17.9 Å². The van der Waals surface area contributed by atoms with E-state index in [9.17, 15) is 13.2 Å². The lowest BCUT2D eigenvalue weighted by atomic mass is 10.2. The van der Waals surface area contributed by atoms with Gasteiger partial charge < -0.3 is 10.1 Å². The standard InChI is InChI=1S/C24H24Cl2N2O4S/c1-16(2)32-22-6-4-5-20(14-22)27-24(29)15-28(21-12-18(25)11-19(26)13-21)33(30,31)23-9-7-17(3)8-10-23/h4-14,16H,15H2,1-3H3,(H,27,29). The van der Waals surface area contributed by atoms with Gasteiger partial charge in [-0.3, -0.25) is 9.10 Å². The molecule has 3 aromatic rings. The summed E-state index contributed by atoms with van der Waals surface area (Å²) < 4.78 is 33.6. The zero-order valence-corrected chi connectivity index (χ0v) is 20.7. The first-order valence-electron chi connectivity index (χ1n) is 10.2. The van der Waals surface area contributed by atoms with Gasteiger partial charge in [0.05, 0.1) is 16.7 Å². The molecule has 9 heteroatoms. The van der Waals surface area contributed by atoms with Gasteiger partial charge in [0, 0.05) is 21.8 Å². The van der Waals surface area contributed by atoms with Crippen LogP contribution in [0.15, 0.2) is 71.6 Å². The molecule has 0 aliphatic carbocycles. The number of rotatable bonds is 8. The van der Waals surface area contributed by atoms with Gasteiger partial charge in [-0.05, 0) is 63.2 Å². The lowest BCUT2D eigenvalue weighted by Crippen LogP contribution is -2.38. The molecule has 0 saturated carbocycles. The maximum atomic E-state index is 13.5. The number of nitrogens with one attached hydrogen (secondary N) is 1. The fourth-order valence-corrected chi connectivity index (χ4v) is 5.01. The number of halogens is 2. The molecule has 0 fully saturated rings. The molecule has 0 bridgehead atoms. The number of anilines is 2. The highest BCUT2D eigenvalue weighted by Gasteiger charge is 2.28. The van der Waals surface area contributed by atoms with Crippen LogP contribution in [-0.4, -0.2) is 27.0 Å². The number of carbonyl (C=O) groups excluding carboxylic acids is 1. The van der Waals surface area contributed by atoms with Gasteiger partial charge in [0.25, 0.3) is 10.0 Å². The Morgan fingerprint density at radius 1 is 1.00 bits per heavy atom. The molecule has 33 heavy (non-hydrogen) atoms. The summed E-state index contributed by atoms with van der Waals surface area (Å²) in [4.78, 5) is 13.0. The van der Waals surface area contributed by atoms with Crippen molar-refractivity contribution in [3.8, 4) is 5.75 Å². The first-order chi connectivity index (χ1) is 15.5. The average molecular weight is 507 g/mol. The average Bonchev–Trinajstić information content (AvgIpc) is 2.71. The molecular formula is C24H24Cl2N2O4S. The smallest absolute Gasteiger partial charge is 0.264 e. The topological polar surface area (TPSA) is 75.7 Å². The number of carbonyl (C=O) groups is 1. The molecular weight excluding hydrogens is 483 g/mol. The number of nitrogens with zero attached hydrogens (tertiary/aromatic N) is 1. The van der Waals surface area contributed by atoms with Gasteiger partial charge in [-0.25, -0.2) is 8.42 Å². The van der Waals surface area contributed by atoms with E-state index in [0.717, 1.165) is 9.87 Å². The van der Waals surface area contributed by atoms with Crippen LogP contribution in [-0.2, 0) is 14.8 Å². The molecule has 0 radical (unpaired) electrons. The Labute approximate surface area is 204 Å². The van der Waals surface area contributed by atoms with Crippen LogP contribution in [0.4, 0.5) is 11.4 Å². The fourth-order valence-electron chi connectivity index (χ4n) is 3.09. The predicted octanol–water partition coefficient (Wildman–Crippen LogP) is 5.92. The van der Waals surface area contributed by atoms with Crippen molar-refractivity contribution in [3.05, 3.63) is 82.3 Å². The molecule has 0 aromatic heterocycles. The summed E-state index contributed by atoms with van der Waals surface area (Å²) >= 11 is 12.2. The van der Waals surface area contributed by atoms with Crippen LogP contribution >= 0.6 is 23.2 Å². The molecule has 3 rings (SSSR count). The summed E-state index contributed by atoms with van der Waals surface area (Å²) in [5.74, 6) is 0.0528. The van der Waals surface area contributed by atoms with Crippen LogP contribution in [0.2, 0.25) is 10.0 Å². The molecule has 6 nitrogen and oxygen atoms in total. The highest BCUT2D eigenvalue weighted by Crippen LogP contribution is 2.30. The normalized spacial score (nSPS) is 11.3. The summed E-state index contributed by atoms with van der Waals surface area (Å²) in [5.41, 5.74) is 1.57. The largest absolute Gasteiger partial charge is 0.491 e. The van der Waals surface area contributed by atoms with Gasteiger partial charge in [0.2, 0.25) is 5.91 Å². The van der Waals surface area contributed by atoms with Crippen LogP contribution in [0.1, 0.15) is 19.4 Å². The molecule has 3 aromatic carbocycles. The van der Waals surface area contributed by atoms with Gasteiger partial charge >= 0.3 is 0 Å². The number of aryl methyl sites for hydroxylation is 1. The second kappa shape index (κ2) is 10.5. The number of ether oxygens (including phenoxy) is 1. The van der Waals surface area contributed by atoms with Crippen molar-refractivity contribution in [3.63, 3.8) is 0 Å². The van der Waals surface area contributed by atoms with Crippen LogP contribution in [0.25, 0.3) is 0 Å². The molecule has 0 spiro atoms. The van der Waals surface area contributed by atoms with Crippen molar-refractivity contribution in [2.24, 2.45) is 0 Å². The van der Waals surface area contributed by atoms with Crippen LogP contribution in [0, 0.1) is 6.92 Å². The van der Waals surface area contributed by atoms with E-state index in [1.807, 2.05) is 20.8 Å². The third kappa shape index (κ3) is 6.63. The van der Waals surface area contributed by atoms with E-state index in [4.69, 9.17) is 27.9 Å². The minimum atomic E-state index is -4.09. The molecule has 1 amide bonds. The first-order valence-corrected chi connectivity index (χ1v) is 12.4. The SMILES string of the molecule is Cc1ccc(S(=O)(=O)N(CC(=O)Nc2cccc(OC(C)C)c2)c2cc(Cl)cc(Cl)c2)cc1. The highest BCUT2D eigenvalue weighted by molar-refractivity contribution is 7.92. The number of hydrogen-bond donors (Lipinski definition) is 1. The lowest BCUT2D eigenvalue weighted by Gasteiger charge is -2.24. The third-order valence-electron chi connectivity index (χ3n) is 4.52. The first kappa shape index (κ1) is 24.9. The van der Waals surface area contributed by atoms with Crippen molar-refractivity contribution in [2.75, 3.05) is 16.2 Å². The van der Waals surface area contributed by atoms with E-state index in [1.165, 1.54) is 30.3 Å². The summed E-state index contributed by atoms with van der Waals surface area (Å²) in [6, 6.07) is 17.6. The van der Waals surface area contributed by atoms with E-state index in [2.05, 4.69) is 5.32 Å². The van der Waals surface area contributed by atoms with Crippen molar-refractivity contribution in [1.29, 1.82) is 0 Å². The molecule has 0 saturated heterocycles. The Morgan fingerprint density at radius 3 is 2.24 bits per heavy atom. The maximum Gasteiger partial charge on any atom is 0.264 e. The minimum Gasteiger partial charge on any atom is -0.491 e. The zero-order chi connectivity index (χ0) is 24.2. The van der Waals surface area contributed by atoms with Crippen molar-refractivity contribution >= 4 is 50.5 Å². The Balaban J connectivity index is 1.93. The number of amides is 1. The summed E-state index contributed by atoms with van der Waals surface area (Å²) in [6.07, 6.45) is -0.0290. The molecule has 0 atom stereocenters. The Bertz CT molecular complexity index is 1230. The van der Waals surface area contributed by atoms with E-state index >= 15 is 0 Å². The van der Waals surface area contributed by atoms with Gasteiger partial charge in [-0.1, -0.05) is 47.0 Å². The summed E-state index contributed by atoms with van der Waals surface area (Å²) in [7, 11) is -4.09. The molecule has 0 heterocycles. The summed E-state index contributed by atoms with van der Waals surface area (Å²) in [6.45, 7) is 5.17. The second-order valence-corrected chi connectivity index (χ2v) is 10.4. The number of sulfonamides is 1. The second-order valence-electron chi connectivity index (χ2n) is 7.69. The van der Waals surface area contributed by atoms with E-state index in [1.54, 1.807) is 36.4 Å². The van der Waals surface area contributed by atoms with Gasteiger partial charge in [0.15, 0.2) is 0 Å². The number of benzene rings is 3. The summed E-state index contributed by atoms with van der Waals surface area (Å²) in [5, 5.41) is 3.23. The van der Waals surface area contributed by atoms with E-state index < -0.39 is 22.5 Å². The molecule has 0 aliphatic heterocycles. The Morgan fingerprint density at radius 2 is 1.64 bits per heavy atom. The molecule has 0 aliphatic rings. The maximum absolute atomic E-state index is 13.5. The quantitative estimate of drug-likeness (QED) is 0.411. The predicted molar refractivity (Wildman–Crippen MR) is 133 cm³/mol. The van der Waals surface area contributed by atoms with Gasteiger partial charge in [-0.2, -0.15) is 0 Å². The molecule has 1 N–H and O–H groups in total. The fraction of sp³-hybridized carbons (Fsp3) is 0.208. The van der Waals surface area contributed by atoms with E-state index in [0.29, 0.717) is 11.4 Å². The molecule has 0 unspecified atom stereocenters. The zero-order valence-electron chi connectivity index (χ0n) is 18.4. The lowest BCUT2D eigenvalue weighted by molar-refractivity contribution is -0.114. The van der Waals surface area contributed by atoms with Crippen molar-refractivity contribution in [1.82, 2.24) is 0 Å². The van der Waals surface area contributed by atoms with Gasteiger partial charge in [0.1, 0.15) is 12.3 Å². The third-order valence-corrected chi connectivity index (χ3v) is 6.75. The van der Waals surface area contributed by atoms with Gasteiger partial charge in [-0.15, -0.1) is 0 Å². The number of hydrogen-bond acceptors (Lipinski definition) is 4.